The van der Waals surface area contributed by atoms with Gasteiger partial charge in [-0.05, 0) is 29.5 Å². The first-order valence-corrected chi connectivity index (χ1v) is 4.93. The van der Waals surface area contributed by atoms with Crippen molar-refractivity contribution < 1.29 is 0 Å². The van der Waals surface area contributed by atoms with Crippen LogP contribution in [0, 0.1) is 10.7 Å². The summed E-state index contributed by atoms with van der Waals surface area (Å²) in [6, 6.07) is 5.37. The second kappa shape index (κ2) is 4.61. The lowest BCUT2D eigenvalue weighted by Gasteiger charge is -1.98. The van der Waals surface area contributed by atoms with Crippen LogP contribution in [0.25, 0.3) is 0 Å². The molecule has 4 heteroatoms. The maximum atomic E-state index is 8.31. The number of thiocyanates is 1. The van der Waals surface area contributed by atoms with E-state index in [2.05, 4.69) is 0 Å². The van der Waals surface area contributed by atoms with Gasteiger partial charge in [-0.3, -0.25) is 0 Å². The van der Waals surface area contributed by atoms with Gasteiger partial charge in [0.25, 0.3) is 0 Å². The molecule has 0 fully saturated rings. The minimum absolute atomic E-state index is 0.535. The van der Waals surface area contributed by atoms with Crippen LogP contribution in [0.3, 0.4) is 0 Å². The van der Waals surface area contributed by atoms with E-state index in [0.717, 1.165) is 5.56 Å². The molecule has 0 N–H and O–H groups in total. The van der Waals surface area contributed by atoms with Gasteiger partial charge in [0, 0.05) is 5.75 Å². The monoisotopic (exact) mass is 217 g/mol. The number of nitrogens with zero attached hydrogens (tertiary/aromatic N) is 1. The van der Waals surface area contributed by atoms with Gasteiger partial charge in [0.05, 0.1) is 10.0 Å². The molecule has 62 valence electrons. The smallest absolute Gasteiger partial charge is 0.133 e. The van der Waals surface area contributed by atoms with Gasteiger partial charge in [-0.1, -0.05) is 29.3 Å². The van der Waals surface area contributed by atoms with Gasteiger partial charge in [-0.2, -0.15) is 5.26 Å². The Morgan fingerprint density at radius 1 is 1.33 bits per heavy atom. The van der Waals surface area contributed by atoms with Crippen molar-refractivity contribution in [3.63, 3.8) is 0 Å². The number of thioether (sulfide) groups is 1. The molecule has 0 aliphatic carbocycles. The first-order chi connectivity index (χ1) is 5.74. The van der Waals surface area contributed by atoms with Crippen LogP contribution >= 0.6 is 35.0 Å². The first-order valence-electron chi connectivity index (χ1n) is 3.19. The van der Waals surface area contributed by atoms with E-state index in [1.165, 1.54) is 11.8 Å². The highest BCUT2D eigenvalue weighted by Gasteiger charge is 1.98. The van der Waals surface area contributed by atoms with Crippen molar-refractivity contribution in [1.82, 2.24) is 0 Å². The SMILES string of the molecule is N#CSCc1ccc(Cl)c(Cl)c1. The number of hydrogen-bond donors (Lipinski definition) is 0. The van der Waals surface area contributed by atoms with Crippen molar-refractivity contribution >= 4 is 35.0 Å². The summed E-state index contributed by atoms with van der Waals surface area (Å²) in [5.74, 6) is 0.646. The maximum absolute atomic E-state index is 8.31. The Bertz CT molecular complexity index is 319. The summed E-state index contributed by atoms with van der Waals surface area (Å²) in [4.78, 5) is 0. The third-order valence-corrected chi connectivity index (χ3v) is 2.63. The standard InChI is InChI=1S/C8H5Cl2NS/c9-7-2-1-6(3-8(7)10)4-12-5-11/h1-3H,4H2. The molecule has 0 aromatic heterocycles. The summed E-state index contributed by atoms with van der Waals surface area (Å²) in [7, 11) is 0. The average Bonchev–Trinajstić information content (AvgIpc) is 2.07. The van der Waals surface area contributed by atoms with Gasteiger partial charge in [-0.15, -0.1) is 0 Å². The Labute approximate surface area is 85.3 Å². The van der Waals surface area contributed by atoms with Gasteiger partial charge in [0.1, 0.15) is 5.40 Å². The van der Waals surface area contributed by atoms with E-state index in [-0.39, 0.29) is 0 Å². The Hall–Kier alpha value is -0.360. The first kappa shape index (κ1) is 9.73. The van der Waals surface area contributed by atoms with Crippen LogP contribution in [0.1, 0.15) is 5.56 Å². The Morgan fingerprint density at radius 2 is 2.08 bits per heavy atom. The molecule has 12 heavy (non-hydrogen) atoms. The van der Waals surface area contributed by atoms with Crippen LogP contribution in [0.15, 0.2) is 18.2 Å². The van der Waals surface area contributed by atoms with E-state index in [9.17, 15) is 0 Å². The molecule has 0 aliphatic rings. The van der Waals surface area contributed by atoms with Gasteiger partial charge < -0.3 is 0 Å². The van der Waals surface area contributed by atoms with E-state index >= 15 is 0 Å². The zero-order valence-corrected chi connectivity index (χ0v) is 8.38. The second-order valence-corrected chi connectivity index (χ2v) is 3.70. The number of halogens is 2. The summed E-state index contributed by atoms with van der Waals surface area (Å²) in [6.07, 6.45) is 0. The lowest BCUT2D eigenvalue weighted by atomic mass is 10.2. The molecular weight excluding hydrogens is 213 g/mol. The van der Waals surface area contributed by atoms with E-state index in [1.807, 2.05) is 11.5 Å². The summed E-state index contributed by atoms with van der Waals surface area (Å²) < 4.78 is 0. The molecule has 0 unspecified atom stereocenters. The van der Waals surface area contributed by atoms with Gasteiger partial charge in [0.15, 0.2) is 0 Å². The van der Waals surface area contributed by atoms with Crippen molar-refractivity contribution in [3.8, 4) is 5.40 Å². The topological polar surface area (TPSA) is 23.8 Å². The van der Waals surface area contributed by atoms with E-state index in [4.69, 9.17) is 28.5 Å². The normalized spacial score (nSPS) is 9.42. The second-order valence-electron chi connectivity index (χ2n) is 2.13. The molecule has 0 radical (unpaired) electrons. The van der Waals surface area contributed by atoms with Crippen LogP contribution in [-0.4, -0.2) is 0 Å². The van der Waals surface area contributed by atoms with Crippen molar-refractivity contribution in [3.05, 3.63) is 33.8 Å². The van der Waals surface area contributed by atoms with Crippen LogP contribution in [0.2, 0.25) is 10.0 Å². The minimum Gasteiger partial charge on any atom is -0.185 e. The van der Waals surface area contributed by atoms with Gasteiger partial charge in [-0.25, -0.2) is 0 Å². The van der Waals surface area contributed by atoms with Crippen molar-refractivity contribution in [1.29, 1.82) is 5.26 Å². The number of nitriles is 1. The van der Waals surface area contributed by atoms with E-state index in [0.29, 0.717) is 15.8 Å². The van der Waals surface area contributed by atoms with Crippen LogP contribution < -0.4 is 0 Å². The largest absolute Gasteiger partial charge is 0.185 e. The maximum Gasteiger partial charge on any atom is 0.133 e. The Balaban J connectivity index is 2.77. The average molecular weight is 218 g/mol. The van der Waals surface area contributed by atoms with Crippen LogP contribution in [0.5, 0.6) is 0 Å². The molecule has 1 rings (SSSR count). The van der Waals surface area contributed by atoms with Crippen LogP contribution in [-0.2, 0) is 5.75 Å². The molecule has 1 nitrogen and oxygen atoms in total. The summed E-state index contributed by atoms with van der Waals surface area (Å²) in [6.45, 7) is 0. The molecular formula is C8H5Cl2NS. The fourth-order valence-corrected chi connectivity index (χ4v) is 1.48. The molecule has 0 aliphatic heterocycles. The number of rotatable bonds is 2. The van der Waals surface area contributed by atoms with E-state index < -0.39 is 0 Å². The van der Waals surface area contributed by atoms with Gasteiger partial charge >= 0.3 is 0 Å². The zero-order chi connectivity index (χ0) is 8.97. The highest BCUT2D eigenvalue weighted by Crippen LogP contribution is 2.24. The summed E-state index contributed by atoms with van der Waals surface area (Å²) >= 11 is 12.7. The highest BCUT2D eigenvalue weighted by molar-refractivity contribution is 8.02. The van der Waals surface area contributed by atoms with Crippen LogP contribution in [0.4, 0.5) is 0 Å². The molecule has 0 saturated carbocycles. The molecule has 0 heterocycles. The predicted octanol–water partition coefficient (Wildman–Crippen LogP) is 3.71. The molecule has 0 amide bonds. The van der Waals surface area contributed by atoms with E-state index in [1.54, 1.807) is 12.1 Å². The molecule has 1 aromatic carbocycles. The zero-order valence-electron chi connectivity index (χ0n) is 6.05. The minimum atomic E-state index is 0.535. The highest BCUT2D eigenvalue weighted by atomic mass is 35.5. The van der Waals surface area contributed by atoms with Gasteiger partial charge in [0.2, 0.25) is 0 Å². The summed E-state index contributed by atoms with van der Waals surface area (Å²) in [5.41, 5.74) is 1.01. The Kier molecular flexibility index (Phi) is 3.74. The quantitative estimate of drug-likeness (QED) is 0.706. The van der Waals surface area contributed by atoms with Crippen molar-refractivity contribution in [2.45, 2.75) is 5.75 Å². The Morgan fingerprint density at radius 3 is 2.67 bits per heavy atom. The number of benzene rings is 1. The van der Waals surface area contributed by atoms with Crippen molar-refractivity contribution in [2.24, 2.45) is 0 Å². The predicted molar refractivity (Wildman–Crippen MR) is 53.4 cm³/mol. The fourth-order valence-electron chi connectivity index (χ4n) is 0.745. The summed E-state index contributed by atoms with van der Waals surface area (Å²) in [5, 5.41) is 11.4. The third-order valence-electron chi connectivity index (χ3n) is 1.29. The lowest BCUT2D eigenvalue weighted by molar-refractivity contribution is 1.42. The fraction of sp³-hybridized carbons (Fsp3) is 0.125. The third kappa shape index (κ3) is 2.60. The molecule has 0 saturated heterocycles. The molecule has 0 bridgehead atoms. The molecule has 1 aromatic rings. The lowest BCUT2D eigenvalue weighted by Crippen LogP contribution is -1.78. The van der Waals surface area contributed by atoms with Crippen molar-refractivity contribution in [2.75, 3.05) is 0 Å². The molecule has 0 atom stereocenters. The number of hydrogen-bond acceptors (Lipinski definition) is 2. The molecule has 0 spiro atoms.